The Hall–Kier alpha value is -2.46. The summed E-state index contributed by atoms with van der Waals surface area (Å²) in [4.78, 5) is 82.6. The van der Waals surface area contributed by atoms with Crippen LogP contribution in [0.5, 0.6) is 0 Å². The van der Waals surface area contributed by atoms with Crippen molar-refractivity contribution >= 4 is 42.5 Å². The van der Waals surface area contributed by atoms with Gasteiger partial charge in [0.05, 0.1) is 26.4 Å². The quantitative estimate of drug-likeness (QED) is 0.0186. The Kier molecular flexibility index (Phi) is 111. The Morgan fingerprint density at radius 2 is 0.765 bits per heavy atom. The first-order chi connectivity index (χ1) is 40.8. The molecule has 1 fully saturated rings. The second-order valence-corrected chi connectivity index (χ2v) is 20.5. The molecule has 1 heterocycles. The number of nitrogens with zero attached hydrogens (tertiary/aromatic N) is 1. The molecule has 1 saturated heterocycles. The van der Waals surface area contributed by atoms with E-state index in [1.165, 1.54) is 127 Å². The molecule has 0 aromatic rings. The van der Waals surface area contributed by atoms with E-state index in [1.54, 1.807) is 0 Å². The number of likely N-dealkylation sites (tertiary alicyclic amines) is 1. The maximum absolute atomic E-state index is 12.4. The van der Waals surface area contributed by atoms with Crippen molar-refractivity contribution in [1.82, 2.24) is 4.90 Å². The molecule has 13 nitrogen and oxygen atoms in total. The number of esters is 4. The van der Waals surface area contributed by atoms with Crippen LogP contribution in [-0.4, -0.2) is 93.1 Å². The largest absolute Gasteiger partial charge is 2.00 e. The van der Waals surface area contributed by atoms with E-state index >= 15 is 0 Å². The van der Waals surface area contributed by atoms with Gasteiger partial charge in [-0.25, -0.2) is 0 Å². The van der Waals surface area contributed by atoms with Crippen LogP contribution in [0.15, 0.2) is 0 Å². The Morgan fingerprint density at radius 3 is 1.04 bits per heavy atom. The van der Waals surface area contributed by atoms with E-state index in [0.29, 0.717) is 39.4 Å². The van der Waals surface area contributed by atoms with Crippen molar-refractivity contribution in [1.29, 1.82) is 0 Å². The molecule has 14 heteroatoms. The van der Waals surface area contributed by atoms with E-state index in [4.69, 9.17) is 18.9 Å². The van der Waals surface area contributed by atoms with Crippen molar-refractivity contribution in [2.75, 3.05) is 39.6 Å². The zero-order valence-corrected chi connectivity index (χ0v) is 63.6. The summed E-state index contributed by atoms with van der Waals surface area (Å²) < 4.78 is 25.8. The summed E-state index contributed by atoms with van der Waals surface area (Å²) in [6, 6.07) is -0.0428. The maximum Gasteiger partial charge on any atom is 2.00 e. The molecule has 0 bridgehead atoms. The van der Waals surface area contributed by atoms with Crippen LogP contribution in [0, 0.1) is 55.8 Å². The summed E-state index contributed by atoms with van der Waals surface area (Å²) >= 11 is 0. The molecule has 3 atom stereocenters. The summed E-state index contributed by atoms with van der Waals surface area (Å²) in [5, 5.41) is 0. The van der Waals surface area contributed by atoms with Crippen LogP contribution < -0.4 is 0 Å². The number of hydrogen-bond donors (Lipinski definition) is 0. The molecule has 3 unspecified atom stereocenters. The summed E-state index contributed by atoms with van der Waals surface area (Å²) in [7, 11) is 0. The van der Waals surface area contributed by atoms with E-state index < -0.39 is 0 Å². The normalized spacial score (nSPS) is 11.9. The minimum absolute atomic E-state index is 0. The molecule has 508 valence electrons. The molecule has 0 N–H and O–H groups in total. The van der Waals surface area contributed by atoms with E-state index in [9.17, 15) is 33.6 Å². The summed E-state index contributed by atoms with van der Waals surface area (Å²) in [5.74, 6) is -1.55. The molecule has 85 heavy (non-hydrogen) atoms. The summed E-state index contributed by atoms with van der Waals surface area (Å²) in [6.07, 6.45) is 36.6. The van der Waals surface area contributed by atoms with Gasteiger partial charge in [0.15, 0.2) is 0 Å². The number of rotatable bonds is 46. The first-order valence-corrected chi connectivity index (χ1v) is 34.9. The Labute approximate surface area is 552 Å². The standard InChI is InChI=1S/C27H50O5.C20H34NO5.C9H18O2.C4H10.C3H7.4C2H6.U/c1-5-8-10-12-14-16-18-31-26(29)21-24(20-25(28)23(4)7-3)22-27(30)32-19-17-15-13-11-9-6-2;1-3-5-6-7-8-9-12-25-19(23)13-17(4-2)14-20(24)26-15-18-10-11-21(18)16-22;1-2-3-4-5-6-7-8-11-9-10;1-3-4-2;1-3-2;4*1-2;/h23-24H,5-22H2,1-4H3;17-18H,3-15H2,1-2H3;9H,2-8H2,1H3;3-4H2,1-2H3;1,3H2,2H3;4*1-2H3;/q;-1;;;-1;;;;;+2. The number of amides is 1. The second kappa shape index (κ2) is 92.7. The number of carbonyl (C=O) groups excluding carboxylic acids is 7. The molecular formula is C71H143NO12U. The number of hydrogen-bond acceptors (Lipinski definition) is 12. The van der Waals surface area contributed by atoms with Crippen LogP contribution in [0.4, 0.5) is 0 Å². The van der Waals surface area contributed by atoms with Gasteiger partial charge in [0.25, 0.3) is 6.47 Å². The number of ether oxygens (including phenoxy) is 5. The number of carbonyl (C=O) groups is 6. The third kappa shape index (κ3) is 85.8. The van der Waals surface area contributed by atoms with E-state index in [1.807, 2.05) is 89.5 Å². The third-order valence-electron chi connectivity index (χ3n) is 13.2. The fourth-order valence-electron chi connectivity index (χ4n) is 7.61. The van der Waals surface area contributed by atoms with Crippen LogP contribution in [0.2, 0.25) is 0 Å². The number of ketones is 1. The van der Waals surface area contributed by atoms with Gasteiger partial charge in [0.2, 0.25) is 0 Å². The van der Waals surface area contributed by atoms with Gasteiger partial charge >= 0.3 is 55.0 Å². The predicted molar refractivity (Wildman–Crippen MR) is 357 cm³/mol. The Balaban J connectivity index is -0.000000138. The van der Waals surface area contributed by atoms with E-state index in [-0.39, 0.29) is 123 Å². The van der Waals surface area contributed by atoms with Gasteiger partial charge in [-0.15, -0.1) is 0 Å². The predicted octanol–water partition coefficient (Wildman–Crippen LogP) is 20.2. The molecule has 0 spiro atoms. The molecule has 1 amide bonds. The van der Waals surface area contributed by atoms with Crippen molar-refractivity contribution in [2.45, 2.75) is 355 Å². The van der Waals surface area contributed by atoms with Crippen LogP contribution in [-0.2, 0) is 57.2 Å². The summed E-state index contributed by atoms with van der Waals surface area (Å²) in [6.45, 7) is 43.8. The van der Waals surface area contributed by atoms with E-state index in [0.717, 1.165) is 70.6 Å². The first kappa shape index (κ1) is 101. The number of unbranched alkanes of at least 4 members (excludes halogenated alkanes) is 21. The third-order valence-corrected chi connectivity index (χ3v) is 13.2. The van der Waals surface area contributed by atoms with Crippen LogP contribution >= 0.6 is 0 Å². The van der Waals surface area contributed by atoms with Crippen molar-refractivity contribution in [3.05, 3.63) is 6.92 Å². The zero-order chi connectivity index (χ0) is 65.7. The molecule has 0 aromatic heterocycles. The summed E-state index contributed by atoms with van der Waals surface area (Å²) in [5.41, 5.74) is 0. The zero-order valence-electron chi connectivity index (χ0n) is 59.4. The average Bonchev–Trinajstić information content (AvgIpc) is 3.59. The van der Waals surface area contributed by atoms with Gasteiger partial charge in [-0.2, -0.15) is 12.8 Å². The molecule has 0 aromatic carbocycles. The van der Waals surface area contributed by atoms with Gasteiger partial charge in [-0.1, -0.05) is 272 Å². The topological polar surface area (TPSA) is 169 Å². The monoisotopic (exact) mass is 1440 g/mol. The van der Waals surface area contributed by atoms with Gasteiger partial charge in [0, 0.05) is 44.1 Å². The Morgan fingerprint density at radius 1 is 0.459 bits per heavy atom. The molecule has 0 aliphatic carbocycles. The van der Waals surface area contributed by atoms with Crippen molar-refractivity contribution in [3.63, 3.8) is 0 Å². The van der Waals surface area contributed by atoms with Crippen LogP contribution in [0.1, 0.15) is 349 Å². The molecule has 0 saturated carbocycles. The molecule has 0 radical (unpaired) electrons. The molecular weight excluding hydrogens is 1300 g/mol. The van der Waals surface area contributed by atoms with Gasteiger partial charge in [-0.3, -0.25) is 28.8 Å². The van der Waals surface area contributed by atoms with E-state index in [2.05, 4.69) is 53.2 Å². The minimum Gasteiger partial charge on any atom is -0.520 e. The SMILES string of the molecule is CC.CC.CC.CC.CCCC.CCCCCCCCOC(=O)CC(CC(=O)OCCCCCCCC)CC(=O)C(C)CC.CCCCCCCCOC(=O)CC(CC)CC(=O)OCC1CCN1[C-]=O.CCCCCCCCOC=O.[CH2-]CC.[U+2]. The van der Waals surface area contributed by atoms with Crippen LogP contribution in [0.25, 0.3) is 0 Å². The van der Waals surface area contributed by atoms with Gasteiger partial charge in [0.1, 0.15) is 12.4 Å². The van der Waals surface area contributed by atoms with Crippen molar-refractivity contribution in [2.24, 2.45) is 17.8 Å². The smallest absolute Gasteiger partial charge is 0.520 e. The maximum atomic E-state index is 12.4. The fraction of sp³-hybridized carbons (Fsp3) is 0.887. The number of Topliss-reactive ketones (excluding diaryl/α,β-unsaturated/α-hetero) is 1. The average molecular weight is 1440 g/mol. The molecule has 1 rings (SSSR count). The van der Waals surface area contributed by atoms with Gasteiger partial charge < -0.3 is 40.3 Å². The molecule has 1 aliphatic heterocycles. The van der Waals surface area contributed by atoms with Crippen LogP contribution in [0.3, 0.4) is 0 Å². The first-order valence-electron chi connectivity index (χ1n) is 34.9. The Bertz CT molecular complexity index is 1290. The van der Waals surface area contributed by atoms with Crippen molar-refractivity contribution < 1.29 is 88.4 Å². The molecule has 1 aliphatic rings. The second-order valence-electron chi connectivity index (χ2n) is 20.5. The van der Waals surface area contributed by atoms with Gasteiger partial charge in [-0.05, 0) is 56.9 Å². The minimum atomic E-state index is -0.342. The van der Waals surface area contributed by atoms with Crippen molar-refractivity contribution in [3.8, 4) is 0 Å². The fourth-order valence-corrected chi connectivity index (χ4v) is 7.61.